The summed E-state index contributed by atoms with van der Waals surface area (Å²) in [6, 6.07) is 0.409. The zero-order chi connectivity index (χ0) is 11.3. The Hall–Kier alpha value is -0.570. The fourth-order valence-corrected chi connectivity index (χ4v) is 2.14. The lowest BCUT2D eigenvalue weighted by atomic mass is 9.85. The molecule has 0 aromatic carbocycles. The molecule has 88 valence electrons. The maximum absolute atomic E-state index is 10.5. The lowest BCUT2D eigenvalue weighted by Gasteiger charge is -2.35. The van der Waals surface area contributed by atoms with Gasteiger partial charge in [-0.05, 0) is 38.6 Å². The molecule has 0 aromatic rings. The standard InChI is InChI=1S/C12H23NO2/c1-3-13(9-11-5-4-6-11)10(2)7-8-12(14)15/h10-11H,3-9H2,1-2H3,(H,14,15). The maximum atomic E-state index is 10.5. The van der Waals surface area contributed by atoms with Gasteiger partial charge in [-0.25, -0.2) is 0 Å². The summed E-state index contributed by atoms with van der Waals surface area (Å²) in [5.41, 5.74) is 0. The van der Waals surface area contributed by atoms with Crippen molar-refractivity contribution in [3.8, 4) is 0 Å². The van der Waals surface area contributed by atoms with Crippen LogP contribution in [0, 0.1) is 5.92 Å². The smallest absolute Gasteiger partial charge is 0.303 e. The Labute approximate surface area is 92.5 Å². The molecule has 0 radical (unpaired) electrons. The minimum atomic E-state index is -0.679. The van der Waals surface area contributed by atoms with Crippen molar-refractivity contribution < 1.29 is 9.90 Å². The summed E-state index contributed by atoms with van der Waals surface area (Å²) in [6.45, 7) is 6.51. The number of aliphatic carboxylic acids is 1. The third kappa shape index (κ3) is 4.20. The van der Waals surface area contributed by atoms with Crippen LogP contribution in [0.2, 0.25) is 0 Å². The van der Waals surface area contributed by atoms with Crippen molar-refractivity contribution in [3.05, 3.63) is 0 Å². The van der Waals surface area contributed by atoms with Crippen molar-refractivity contribution in [3.63, 3.8) is 0 Å². The van der Waals surface area contributed by atoms with Gasteiger partial charge < -0.3 is 10.0 Å². The van der Waals surface area contributed by atoms with Gasteiger partial charge in [0.1, 0.15) is 0 Å². The zero-order valence-electron chi connectivity index (χ0n) is 9.91. The lowest BCUT2D eigenvalue weighted by molar-refractivity contribution is -0.137. The average Bonchev–Trinajstić information content (AvgIpc) is 2.13. The highest BCUT2D eigenvalue weighted by Gasteiger charge is 2.22. The molecule has 0 heterocycles. The highest BCUT2D eigenvalue weighted by Crippen LogP contribution is 2.27. The van der Waals surface area contributed by atoms with Gasteiger partial charge in [0.05, 0.1) is 0 Å². The average molecular weight is 213 g/mol. The fraction of sp³-hybridized carbons (Fsp3) is 0.917. The first kappa shape index (κ1) is 12.5. The van der Waals surface area contributed by atoms with E-state index in [2.05, 4.69) is 18.7 Å². The summed E-state index contributed by atoms with van der Waals surface area (Å²) in [7, 11) is 0. The quantitative estimate of drug-likeness (QED) is 0.705. The molecule has 1 fully saturated rings. The first-order valence-corrected chi connectivity index (χ1v) is 6.09. The van der Waals surface area contributed by atoms with Crippen LogP contribution in [-0.4, -0.2) is 35.1 Å². The van der Waals surface area contributed by atoms with Gasteiger partial charge in [-0.2, -0.15) is 0 Å². The van der Waals surface area contributed by atoms with E-state index in [0.29, 0.717) is 12.5 Å². The number of hydrogen-bond donors (Lipinski definition) is 1. The molecule has 0 aliphatic heterocycles. The van der Waals surface area contributed by atoms with Crippen molar-refractivity contribution >= 4 is 5.97 Å². The van der Waals surface area contributed by atoms with Gasteiger partial charge >= 0.3 is 5.97 Å². The van der Waals surface area contributed by atoms with Gasteiger partial charge in [0.15, 0.2) is 0 Å². The second kappa shape index (κ2) is 6.11. The number of carboxylic acid groups (broad SMARTS) is 1. The van der Waals surface area contributed by atoms with Crippen LogP contribution in [0.1, 0.15) is 46.0 Å². The van der Waals surface area contributed by atoms with E-state index in [4.69, 9.17) is 5.11 Å². The lowest BCUT2D eigenvalue weighted by Crippen LogP contribution is -2.39. The Morgan fingerprint density at radius 3 is 2.60 bits per heavy atom. The minimum absolute atomic E-state index is 0.294. The van der Waals surface area contributed by atoms with Crippen LogP contribution in [0.15, 0.2) is 0 Å². The van der Waals surface area contributed by atoms with Gasteiger partial charge in [-0.1, -0.05) is 13.3 Å². The molecule has 0 saturated heterocycles. The number of nitrogens with zero attached hydrogens (tertiary/aromatic N) is 1. The monoisotopic (exact) mass is 213 g/mol. The summed E-state index contributed by atoms with van der Waals surface area (Å²) >= 11 is 0. The molecule has 1 unspecified atom stereocenters. The second-order valence-corrected chi connectivity index (χ2v) is 4.67. The minimum Gasteiger partial charge on any atom is -0.481 e. The SMILES string of the molecule is CCN(CC1CCC1)C(C)CCC(=O)O. The van der Waals surface area contributed by atoms with Gasteiger partial charge in [0.2, 0.25) is 0 Å². The Morgan fingerprint density at radius 1 is 1.53 bits per heavy atom. The molecule has 1 atom stereocenters. The van der Waals surface area contributed by atoms with Gasteiger partial charge in [-0.3, -0.25) is 4.79 Å². The molecule has 1 rings (SSSR count). The topological polar surface area (TPSA) is 40.5 Å². The predicted molar refractivity (Wildman–Crippen MR) is 60.9 cm³/mol. The third-order valence-electron chi connectivity index (χ3n) is 3.52. The van der Waals surface area contributed by atoms with E-state index in [-0.39, 0.29) is 0 Å². The molecule has 3 nitrogen and oxygen atoms in total. The van der Waals surface area contributed by atoms with E-state index in [1.807, 2.05) is 0 Å². The Balaban J connectivity index is 2.25. The van der Waals surface area contributed by atoms with Crippen molar-refractivity contribution in [1.29, 1.82) is 0 Å². The molecule has 1 N–H and O–H groups in total. The molecule has 3 heteroatoms. The molecule has 1 aliphatic rings. The molecule has 0 bridgehead atoms. The van der Waals surface area contributed by atoms with E-state index in [1.54, 1.807) is 0 Å². The van der Waals surface area contributed by atoms with E-state index < -0.39 is 5.97 Å². The maximum Gasteiger partial charge on any atom is 0.303 e. The largest absolute Gasteiger partial charge is 0.481 e. The first-order chi connectivity index (χ1) is 7.13. The van der Waals surface area contributed by atoms with Crippen molar-refractivity contribution in [1.82, 2.24) is 4.90 Å². The normalized spacial score (nSPS) is 18.9. The summed E-state index contributed by atoms with van der Waals surface area (Å²) in [4.78, 5) is 12.9. The number of hydrogen-bond acceptors (Lipinski definition) is 2. The molecular weight excluding hydrogens is 190 g/mol. The molecule has 0 aromatic heterocycles. The highest BCUT2D eigenvalue weighted by molar-refractivity contribution is 5.66. The van der Waals surface area contributed by atoms with Crippen molar-refractivity contribution in [2.45, 2.75) is 52.0 Å². The number of carboxylic acids is 1. The fourth-order valence-electron chi connectivity index (χ4n) is 2.14. The summed E-state index contributed by atoms with van der Waals surface area (Å²) in [5, 5.41) is 8.64. The summed E-state index contributed by atoms with van der Waals surface area (Å²) in [5.74, 6) is 0.193. The van der Waals surface area contributed by atoms with Gasteiger partial charge in [0, 0.05) is 19.0 Å². The van der Waals surface area contributed by atoms with Crippen LogP contribution < -0.4 is 0 Å². The molecule has 15 heavy (non-hydrogen) atoms. The van der Waals surface area contributed by atoms with Gasteiger partial charge in [0.25, 0.3) is 0 Å². The van der Waals surface area contributed by atoms with Crippen LogP contribution in [0.5, 0.6) is 0 Å². The predicted octanol–water partition coefficient (Wildman–Crippen LogP) is 2.36. The Kier molecular flexibility index (Phi) is 5.09. The summed E-state index contributed by atoms with van der Waals surface area (Å²) in [6.07, 6.45) is 5.17. The van der Waals surface area contributed by atoms with Crippen LogP contribution in [0.4, 0.5) is 0 Å². The Bertz CT molecular complexity index is 202. The molecular formula is C12H23NO2. The van der Waals surface area contributed by atoms with E-state index in [1.165, 1.54) is 19.3 Å². The highest BCUT2D eigenvalue weighted by atomic mass is 16.4. The van der Waals surface area contributed by atoms with E-state index in [9.17, 15) is 4.79 Å². The van der Waals surface area contributed by atoms with Crippen LogP contribution in [0.25, 0.3) is 0 Å². The van der Waals surface area contributed by atoms with Crippen LogP contribution in [0.3, 0.4) is 0 Å². The summed E-state index contributed by atoms with van der Waals surface area (Å²) < 4.78 is 0. The number of rotatable bonds is 7. The zero-order valence-corrected chi connectivity index (χ0v) is 9.91. The van der Waals surface area contributed by atoms with Crippen molar-refractivity contribution in [2.24, 2.45) is 5.92 Å². The molecule has 1 saturated carbocycles. The molecule has 1 aliphatic carbocycles. The van der Waals surface area contributed by atoms with E-state index in [0.717, 1.165) is 25.4 Å². The van der Waals surface area contributed by atoms with E-state index >= 15 is 0 Å². The van der Waals surface area contributed by atoms with Crippen molar-refractivity contribution in [2.75, 3.05) is 13.1 Å². The first-order valence-electron chi connectivity index (χ1n) is 6.09. The Morgan fingerprint density at radius 2 is 2.20 bits per heavy atom. The number of carbonyl (C=O) groups is 1. The van der Waals surface area contributed by atoms with Crippen LogP contribution >= 0.6 is 0 Å². The van der Waals surface area contributed by atoms with Crippen LogP contribution in [-0.2, 0) is 4.79 Å². The molecule has 0 amide bonds. The van der Waals surface area contributed by atoms with Gasteiger partial charge in [-0.15, -0.1) is 0 Å². The third-order valence-corrected chi connectivity index (χ3v) is 3.52. The second-order valence-electron chi connectivity index (χ2n) is 4.67. The molecule has 0 spiro atoms.